The van der Waals surface area contributed by atoms with Crippen LogP contribution in [0.4, 0.5) is 10.5 Å². The van der Waals surface area contributed by atoms with Crippen molar-refractivity contribution >= 4 is 35.2 Å². The third kappa shape index (κ3) is 10.9. The molecule has 0 radical (unpaired) electrons. The molecule has 290 valence electrons. The number of azo groups is 1. The average molecular weight is 749 g/mol. The number of Topliss-reactive ketones (excluding diaryl/α,β-unsaturated/α-hetero) is 1. The van der Waals surface area contributed by atoms with Gasteiger partial charge in [-0.2, -0.15) is 5.11 Å². The van der Waals surface area contributed by atoms with Crippen LogP contribution in [0.2, 0.25) is 0 Å². The third-order valence-electron chi connectivity index (χ3n) is 10.4. The van der Waals surface area contributed by atoms with E-state index >= 15 is 0 Å². The third-order valence-corrected chi connectivity index (χ3v) is 10.4. The van der Waals surface area contributed by atoms with Crippen molar-refractivity contribution in [2.75, 3.05) is 44.8 Å². The van der Waals surface area contributed by atoms with Crippen molar-refractivity contribution in [2.24, 2.45) is 33.0 Å². The average Bonchev–Trinajstić information content (AvgIpc) is 3.73. The van der Waals surface area contributed by atoms with E-state index in [4.69, 9.17) is 9.47 Å². The van der Waals surface area contributed by atoms with Gasteiger partial charge in [-0.3, -0.25) is 14.4 Å². The Morgan fingerprint density at radius 2 is 1.56 bits per heavy atom. The number of aryl methyl sites for hydroxylation is 1. The smallest absolute Gasteiger partial charge is 0.407 e. The molecule has 0 bridgehead atoms. The van der Waals surface area contributed by atoms with E-state index in [0.29, 0.717) is 63.0 Å². The molecule has 0 spiro atoms. The number of benzene rings is 3. The number of anilines is 1. The molecule has 12 nitrogen and oxygen atoms in total. The predicted molar refractivity (Wildman–Crippen MR) is 211 cm³/mol. The van der Waals surface area contributed by atoms with Gasteiger partial charge in [0.25, 0.3) is 5.91 Å². The summed E-state index contributed by atoms with van der Waals surface area (Å²) in [5.41, 5.74) is 5.31. The highest BCUT2D eigenvalue weighted by atomic mass is 16.6. The number of morpholine rings is 1. The van der Waals surface area contributed by atoms with Gasteiger partial charge in [0, 0.05) is 54.7 Å². The lowest BCUT2D eigenvalue weighted by atomic mass is 9.77. The first-order valence-electron chi connectivity index (χ1n) is 19.3. The number of hydrogen-bond acceptors (Lipinski definition) is 9. The van der Waals surface area contributed by atoms with Crippen LogP contribution in [0.3, 0.4) is 0 Å². The molecule has 3 aliphatic rings. The highest BCUT2D eigenvalue weighted by Gasteiger charge is 2.31. The number of aliphatic imine (C=N–C) groups is 1. The van der Waals surface area contributed by atoms with E-state index in [0.717, 1.165) is 53.5 Å². The number of hydrogen-bond donors (Lipinski definition) is 2. The number of rotatable bonds is 12. The van der Waals surface area contributed by atoms with Crippen molar-refractivity contribution in [1.29, 1.82) is 0 Å². The topological polar surface area (TPSA) is 151 Å². The molecule has 2 fully saturated rings. The Hall–Kier alpha value is -5.23. The first-order chi connectivity index (χ1) is 26.4. The number of ketones is 1. The second-order valence-corrected chi connectivity index (χ2v) is 15.7. The largest absolute Gasteiger partial charge is 0.444 e. The Balaban J connectivity index is 1.12. The Morgan fingerprint density at radius 1 is 0.891 bits per heavy atom. The fraction of sp³-hybridized carbons (Fsp3) is 0.465. The molecular weight excluding hydrogens is 697 g/mol. The fourth-order valence-corrected chi connectivity index (χ4v) is 7.31. The number of alkyl carbamates (subject to hydrolysis) is 1. The maximum atomic E-state index is 13.9. The van der Waals surface area contributed by atoms with Gasteiger partial charge < -0.3 is 25.0 Å². The molecule has 6 rings (SSSR count). The van der Waals surface area contributed by atoms with Crippen molar-refractivity contribution in [1.82, 2.24) is 10.2 Å². The summed E-state index contributed by atoms with van der Waals surface area (Å²) in [5, 5.41) is 13.9. The molecule has 0 unspecified atom stereocenters. The van der Waals surface area contributed by atoms with Gasteiger partial charge in [-0.05, 0) is 118 Å². The first-order valence-corrected chi connectivity index (χ1v) is 19.3. The molecular formula is C43H52N6O6. The van der Waals surface area contributed by atoms with Gasteiger partial charge in [0.2, 0.25) is 5.91 Å². The van der Waals surface area contributed by atoms with E-state index in [9.17, 15) is 19.2 Å². The first kappa shape index (κ1) is 39.5. The number of amidine groups is 1. The Bertz CT molecular complexity index is 1900. The molecule has 1 saturated heterocycles. The van der Waals surface area contributed by atoms with Crippen LogP contribution in [-0.2, 0) is 25.5 Å². The summed E-state index contributed by atoms with van der Waals surface area (Å²) in [5.74, 6) is -0.00461. The summed E-state index contributed by atoms with van der Waals surface area (Å²) in [4.78, 5) is 59.3. The molecule has 1 aliphatic carbocycles. The highest BCUT2D eigenvalue weighted by molar-refractivity contribution is 6.01. The zero-order valence-corrected chi connectivity index (χ0v) is 32.3. The zero-order valence-electron chi connectivity index (χ0n) is 32.3. The van der Waals surface area contributed by atoms with Crippen molar-refractivity contribution in [3.63, 3.8) is 0 Å². The highest BCUT2D eigenvalue weighted by Crippen LogP contribution is 2.32. The molecule has 3 aromatic rings. The Labute approximate surface area is 323 Å². The van der Waals surface area contributed by atoms with E-state index in [1.807, 2.05) is 99.3 Å². The van der Waals surface area contributed by atoms with Crippen LogP contribution < -0.4 is 10.6 Å². The molecule has 0 aromatic heterocycles. The van der Waals surface area contributed by atoms with Crippen molar-refractivity contribution in [3.05, 3.63) is 89.0 Å². The lowest BCUT2D eigenvalue weighted by molar-refractivity contribution is -0.129. The van der Waals surface area contributed by atoms with Crippen molar-refractivity contribution < 1.29 is 28.7 Å². The summed E-state index contributed by atoms with van der Waals surface area (Å²) in [6, 6.07) is 21.3. The minimum Gasteiger partial charge on any atom is -0.444 e. The van der Waals surface area contributed by atoms with Gasteiger partial charge in [0.15, 0.2) is 12.5 Å². The summed E-state index contributed by atoms with van der Waals surface area (Å²) in [6.45, 7) is 10.5. The van der Waals surface area contributed by atoms with Crippen molar-refractivity contribution in [3.8, 4) is 11.1 Å². The summed E-state index contributed by atoms with van der Waals surface area (Å²) >= 11 is 0. The standard InChI is InChI=1S/C43H52N6O6/c1-28-5-10-34(24-37(28)41(52)49-19-21-54-22-20-49)31-11-6-29(7-12-31)23-35(40(51)47-36-17-15-33(16-18-36)39-45-27-46-48-39)25-38(50)32-13-8-30(9-14-32)26-44-42(53)55-43(2,3)4/h5-7,10-12,15-18,24,30,32,35H,8-9,13-14,19-23,25-27H2,1-4H3,(H,44,53)(H,47,51)/t30?,32?,35-/m1/s1. The van der Waals surface area contributed by atoms with Crippen LogP contribution in [0.15, 0.2) is 82.0 Å². The number of ether oxygens (including phenoxy) is 2. The van der Waals surface area contributed by atoms with Crippen LogP contribution in [-0.4, -0.2) is 79.5 Å². The molecule has 3 aromatic carbocycles. The van der Waals surface area contributed by atoms with Crippen LogP contribution in [0.1, 0.15) is 79.9 Å². The number of nitrogens with one attached hydrogen (secondary N) is 2. The summed E-state index contributed by atoms with van der Waals surface area (Å²) < 4.78 is 10.8. The minimum atomic E-state index is -0.588. The zero-order chi connectivity index (χ0) is 39.0. The molecule has 1 saturated carbocycles. The van der Waals surface area contributed by atoms with Gasteiger partial charge in [-0.15, -0.1) is 5.11 Å². The lowest BCUT2D eigenvalue weighted by Gasteiger charge is -2.29. The Kier molecular flexibility index (Phi) is 12.9. The lowest BCUT2D eigenvalue weighted by Crippen LogP contribution is -2.40. The van der Waals surface area contributed by atoms with Crippen LogP contribution in [0.5, 0.6) is 0 Å². The molecule has 55 heavy (non-hydrogen) atoms. The second-order valence-electron chi connectivity index (χ2n) is 15.7. The van der Waals surface area contributed by atoms with E-state index in [1.54, 1.807) is 0 Å². The van der Waals surface area contributed by atoms with E-state index in [1.165, 1.54) is 0 Å². The second kappa shape index (κ2) is 17.9. The monoisotopic (exact) mass is 748 g/mol. The quantitative estimate of drug-likeness (QED) is 0.197. The maximum absolute atomic E-state index is 13.9. The molecule has 2 aliphatic heterocycles. The molecule has 2 heterocycles. The van der Waals surface area contributed by atoms with Crippen LogP contribution >= 0.6 is 0 Å². The maximum Gasteiger partial charge on any atom is 0.407 e. The normalized spacial score (nSPS) is 19.0. The van der Waals surface area contributed by atoms with Crippen molar-refractivity contribution in [2.45, 2.75) is 71.8 Å². The van der Waals surface area contributed by atoms with Gasteiger partial charge in [-0.25, -0.2) is 9.79 Å². The molecule has 3 amide bonds. The summed E-state index contributed by atoms with van der Waals surface area (Å²) in [6.07, 6.45) is 3.16. The number of nitrogens with zero attached hydrogens (tertiary/aromatic N) is 4. The van der Waals surface area contributed by atoms with E-state index < -0.39 is 17.6 Å². The van der Waals surface area contributed by atoms with E-state index in [-0.39, 0.29) is 35.9 Å². The van der Waals surface area contributed by atoms with Crippen LogP contribution in [0.25, 0.3) is 11.1 Å². The number of carbonyl (C=O) groups is 4. The van der Waals surface area contributed by atoms with Gasteiger partial charge >= 0.3 is 6.09 Å². The molecule has 1 atom stereocenters. The van der Waals surface area contributed by atoms with E-state index in [2.05, 4.69) is 25.9 Å². The predicted octanol–water partition coefficient (Wildman–Crippen LogP) is 7.39. The number of amides is 3. The number of carbonyl (C=O) groups excluding carboxylic acids is 4. The van der Waals surface area contributed by atoms with Gasteiger partial charge in [0.05, 0.1) is 13.2 Å². The molecule has 2 N–H and O–H groups in total. The van der Waals surface area contributed by atoms with Gasteiger partial charge in [0.1, 0.15) is 11.4 Å². The SMILES string of the molecule is Cc1ccc(-c2ccc(C[C@H](CC(=O)C3CCC(CNC(=O)OC(C)(C)C)CC3)C(=O)Nc3ccc(C4=NCN=N4)cc3)cc2)cc1C(=O)N1CCOCC1. The van der Waals surface area contributed by atoms with Crippen LogP contribution in [0, 0.1) is 24.7 Å². The summed E-state index contributed by atoms with van der Waals surface area (Å²) in [7, 11) is 0. The Morgan fingerprint density at radius 3 is 2.22 bits per heavy atom. The minimum absolute atomic E-state index is 0.0104. The molecule has 12 heteroatoms. The fourth-order valence-electron chi connectivity index (χ4n) is 7.31. The van der Waals surface area contributed by atoms with Gasteiger partial charge in [-0.1, -0.05) is 36.4 Å².